The predicted molar refractivity (Wildman–Crippen MR) is 101 cm³/mol. The van der Waals surface area contributed by atoms with E-state index in [0.29, 0.717) is 23.4 Å². The standard InChI is InChI=1S/C18H19IN2O2/c1-3-10-20-17(22)13-6-8-15(9-7-13)21-18(23)14-5-4-12(2)16(19)11-14/h4-9,11H,3,10H2,1-2H3,(H,20,22)(H,21,23). The minimum atomic E-state index is -0.161. The number of carbonyl (C=O) groups excluding carboxylic acids is 2. The highest BCUT2D eigenvalue weighted by atomic mass is 127. The summed E-state index contributed by atoms with van der Waals surface area (Å²) in [6, 6.07) is 12.5. The van der Waals surface area contributed by atoms with Gasteiger partial charge in [0, 0.05) is 26.9 Å². The van der Waals surface area contributed by atoms with Gasteiger partial charge in [0.1, 0.15) is 0 Å². The number of anilines is 1. The van der Waals surface area contributed by atoms with Crippen molar-refractivity contribution in [2.75, 3.05) is 11.9 Å². The molecule has 2 amide bonds. The topological polar surface area (TPSA) is 58.2 Å². The van der Waals surface area contributed by atoms with Crippen molar-refractivity contribution in [2.24, 2.45) is 0 Å². The predicted octanol–water partition coefficient (Wildman–Crippen LogP) is 3.99. The molecule has 23 heavy (non-hydrogen) atoms. The number of amides is 2. The Bertz CT molecular complexity index is 711. The molecule has 0 aliphatic carbocycles. The van der Waals surface area contributed by atoms with Crippen LogP contribution in [-0.2, 0) is 0 Å². The Morgan fingerprint density at radius 1 is 1.00 bits per heavy atom. The maximum atomic E-state index is 12.2. The van der Waals surface area contributed by atoms with Gasteiger partial charge in [-0.2, -0.15) is 0 Å². The molecule has 0 spiro atoms. The highest BCUT2D eigenvalue weighted by molar-refractivity contribution is 14.1. The third-order valence-electron chi connectivity index (χ3n) is 3.37. The van der Waals surface area contributed by atoms with Crippen LogP contribution >= 0.6 is 22.6 Å². The molecule has 0 fully saturated rings. The number of carbonyl (C=O) groups is 2. The lowest BCUT2D eigenvalue weighted by molar-refractivity contribution is 0.0953. The van der Waals surface area contributed by atoms with Gasteiger partial charge in [-0.3, -0.25) is 9.59 Å². The lowest BCUT2D eigenvalue weighted by Gasteiger charge is -2.08. The van der Waals surface area contributed by atoms with Crippen LogP contribution in [0, 0.1) is 10.5 Å². The Morgan fingerprint density at radius 2 is 1.65 bits per heavy atom. The van der Waals surface area contributed by atoms with E-state index in [1.807, 2.05) is 26.0 Å². The zero-order chi connectivity index (χ0) is 16.8. The zero-order valence-corrected chi connectivity index (χ0v) is 15.3. The number of hydrogen-bond acceptors (Lipinski definition) is 2. The van der Waals surface area contributed by atoms with Crippen LogP contribution in [0.4, 0.5) is 5.69 Å². The molecule has 0 bridgehead atoms. The quantitative estimate of drug-likeness (QED) is 0.716. The fourth-order valence-corrected chi connectivity index (χ4v) is 2.50. The summed E-state index contributed by atoms with van der Waals surface area (Å²) >= 11 is 2.21. The van der Waals surface area contributed by atoms with Gasteiger partial charge in [-0.1, -0.05) is 13.0 Å². The van der Waals surface area contributed by atoms with Gasteiger partial charge in [-0.05, 0) is 77.9 Å². The molecule has 0 aliphatic rings. The van der Waals surface area contributed by atoms with E-state index in [-0.39, 0.29) is 11.8 Å². The van der Waals surface area contributed by atoms with E-state index < -0.39 is 0 Å². The van der Waals surface area contributed by atoms with Crippen LogP contribution in [0.5, 0.6) is 0 Å². The summed E-state index contributed by atoms with van der Waals surface area (Å²) in [5.74, 6) is -0.260. The molecule has 2 aromatic rings. The molecular formula is C18H19IN2O2. The van der Waals surface area contributed by atoms with E-state index in [1.54, 1.807) is 30.3 Å². The second-order valence-corrected chi connectivity index (χ2v) is 6.41. The molecule has 4 nitrogen and oxygen atoms in total. The van der Waals surface area contributed by atoms with Crippen molar-refractivity contribution in [2.45, 2.75) is 20.3 Å². The summed E-state index contributed by atoms with van der Waals surface area (Å²) in [7, 11) is 0. The average molecular weight is 422 g/mol. The van der Waals surface area contributed by atoms with Crippen LogP contribution in [0.15, 0.2) is 42.5 Å². The van der Waals surface area contributed by atoms with Gasteiger partial charge in [-0.25, -0.2) is 0 Å². The van der Waals surface area contributed by atoms with Gasteiger partial charge < -0.3 is 10.6 Å². The average Bonchev–Trinajstić information content (AvgIpc) is 2.55. The Hall–Kier alpha value is -1.89. The molecule has 2 rings (SSSR count). The number of aryl methyl sites for hydroxylation is 1. The first-order valence-corrected chi connectivity index (χ1v) is 8.55. The van der Waals surface area contributed by atoms with E-state index in [4.69, 9.17) is 0 Å². The Balaban J connectivity index is 2.04. The van der Waals surface area contributed by atoms with Crippen LogP contribution in [0.1, 0.15) is 39.6 Å². The van der Waals surface area contributed by atoms with E-state index in [2.05, 4.69) is 33.2 Å². The molecule has 0 radical (unpaired) electrons. The van der Waals surface area contributed by atoms with E-state index in [9.17, 15) is 9.59 Å². The highest BCUT2D eigenvalue weighted by Gasteiger charge is 2.09. The SMILES string of the molecule is CCCNC(=O)c1ccc(NC(=O)c2ccc(C)c(I)c2)cc1. The minimum absolute atomic E-state index is 0.0992. The first kappa shape index (κ1) is 17.5. The highest BCUT2D eigenvalue weighted by Crippen LogP contribution is 2.16. The molecule has 0 aliphatic heterocycles. The van der Waals surface area contributed by atoms with Crippen LogP contribution in [0.25, 0.3) is 0 Å². The van der Waals surface area contributed by atoms with E-state index in [0.717, 1.165) is 15.6 Å². The number of nitrogens with one attached hydrogen (secondary N) is 2. The summed E-state index contributed by atoms with van der Waals surface area (Å²) in [5.41, 5.74) is 3.01. The van der Waals surface area contributed by atoms with Crippen LogP contribution < -0.4 is 10.6 Å². The van der Waals surface area contributed by atoms with Crippen molar-refractivity contribution in [3.63, 3.8) is 0 Å². The van der Waals surface area contributed by atoms with Gasteiger partial charge in [0.2, 0.25) is 0 Å². The summed E-state index contributed by atoms with van der Waals surface area (Å²) < 4.78 is 1.05. The Labute approximate surface area is 149 Å². The first-order chi connectivity index (χ1) is 11.0. The minimum Gasteiger partial charge on any atom is -0.352 e. The van der Waals surface area contributed by atoms with Gasteiger partial charge in [-0.15, -0.1) is 0 Å². The zero-order valence-electron chi connectivity index (χ0n) is 13.2. The van der Waals surface area contributed by atoms with Crippen molar-refractivity contribution in [1.29, 1.82) is 0 Å². The molecule has 0 atom stereocenters. The maximum absolute atomic E-state index is 12.2. The van der Waals surface area contributed by atoms with Crippen molar-refractivity contribution in [3.05, 3.63) is 62.7 Å². The number of halogens is 1. The first-order valence-electron chi connectivity index (χ1n) is 7.47. The molecule has 0 aromatic heterocycles. The molecule has 0 saturated heterocycles. The number of hydrogen-bond donors (Lipinski definition) is 2. The molecule has 120 valence electrons. The van der Waals surface area contributed by atoms with Crippen molar-refractivity contribution in [1.82, 2.24) is 5.32 Å². The molecular weight excluding hydrogens is 403 g/mol. The normalized spacial score (nSPS) is 10.2. The monoisotopic (exact) mass is 422 g/mol. The van der Waals surface area contributed by atoms with Gasteiger partial charge >= 0.3 is 0 Å². The number of benzene rings is 2. The largest absolute Gasteiger partial charge is 0.352 e. The van der Waals surface area contributed by atoms with Crippen LogP contribution in [-0.4, -0.2) is 18.4 Å². The molecule has 2 aromatic carbocycles. The maximum Gasteiger partial charge on any atom is 0.255 e. The van der Waals surface area contributed by atoms with Gasteiger partial charge in [0.05, 0.1) is 0 Å². The number of rotatable bonds is 5. The fourth-order valence-electron chi connectivity index (χ4n) is 1.98. The van der Waals surface area contributed by atoms with Crippen LogP contribution in [0.3, 0.4) is 0 Å². The summed E-state index contributed by atoms with van der Waals surface area (Å²) in [6.07, 6.45) is 0.898. The molecule has 5 heteroatoms. The Kier molecular flexibility index (Phi) is 6.15. The molecule has 2 N–H and O–H groups in total. The van der Waals surface area contributed by atoms with Crippen molar-refractivity contribution < 1.29 is 9.59 Å². The second-order valence-electron chi connectivity index (χ2n) is 5.25. The van der Waals surface area contributed by atoms with E-state index >= 15 is 0 Å². The second kappa shape index (κ2) is 8.10. The molecule has 0 unspecified atom stereocenters. The third kappa shape index (κ3) is 4.79. The van der Waals surface area contributed by atoms with Crippen molar-refractivity contribution >= 4 is 40.1 Å². The Morgan fingerprint density at radius 3 is 2.26 bits per heavy atom. The van der Waals surface area contributed by atoms with Crippen molar-refractivity contribution in [3.8, 4) is 0 Å². The van der Waals surface area contributed by atoms with Crippen LogP contribution in [0.2, 0.25) is 0 Å². The third-order valence-corrected chi connectivity index (χ3v) is 4.54. The summed E-state index contributed by atoms with van der Waals surface area (Å²) in [6.45, 7) is 4.67. The lowest BCUT2D eigenvalue weighted by Crippen LogP contribution is -2.23. The summed E-state index contributed by atoms with van der Waals surface area (Å²) in [5, 5.41) is 5.66. The van der Waals surface area contributed by atoms with Gasteiger partial charge in [0.15, 0.2) is 0 Å². The van der Waals surface area contributed by atoms with E-state index in [1.165, 1.54) is 0 Å². The smallest absolute Gasteiger partial charge is 0.255 e. The molecule has 0 heterocycles. The van der Waals surface area contributed by atoms with Gasteiger partial charge in [0.25, 0.3) is 11.8 Å². The summed E-state index contributed by atoms with van der Waals surface area (Å²) in [4.78, 5) is 24.1. The fraction of sp³-hybridized carbons (Fsp3) is 0.222. The molecule has 0 saturated carbocycles. The lowest BCUT2D eigenvalue weighted by atomic mass is 10.1.